The van der Waals surface area contributed by atoms with Crippen LogP contribution in [-0.2, 0) is 10.0 Å². The quantitative estimate of drug-likeness (QED) is 0.743. The van der Waals surface area contributed by atoms with Crippen LogP contribution in [0.25, 0.3) is 0 Å². The molecule has 0 aliphatic rings. The second-order valence-electron chi connectivity index (χ2n) is 5.05. The summed E-state index contributed by atoms with van der Waals surface area (Å²) in [7, 11) is -0.446. The van der Waals surface area contributed by atoms with E-state index >= 15 is 0 Å². The van der Waals surface area contributed by atoms with Crippen molar-refractivity contribution in [3.63, 3.8) is 0 Å². The van der Waals surface area contributed by atoms with E-state index in [1.165, 1.54) is 18.4 Å². The smallest absolute Gasteiger partial charge is 0.246 e. The van der Waals surface area contributed by atoms with Gasteiger partial charge in [-0.1, -0.05) is 26.0 Å². The standard InChI is InChI=1S/C14H24N2O3S/c1-12(2)15-10-7-11-19-13-8-5-6-9-14(13)20(17,18)16(3)4/h5-6,8-9,12,15H,7,10-11H2,1-4H3. The first kappa shape index (κ1) is 16.9. The predicted molar refractivity (Wildman–Crippen MR) is 80.6 cm³/mol. The van der Waals surface area contributed by atoms with Gasteiger partial charge in [0.15, 0.2) is 0 Å². The molecule has 0 spiro atoms. The Balaban J connectivity index is 2.68. The minimum atomic E-state index is -3.47. The maximum atomic E-state index is 12.2. The number of sulfonamides is 1. The second-order valence-corrected chi connectivity index (χ2v) is 7.17. The van der Waals surface area contributed by atoms with Gasteiger partial charge in [-0.2, -0.15) is 0 Å². The molecule has 114 valence electrons. The van der Waals surface area contributed by atoms with Crippen molar-refractivity contribution in [2.45, 2.75) is 31.2 Å². The van der Waals surface area contributed by atoms with Crippen molar-refractivity contribution in [1.82, 2.24) is 9.62 Å². The Kier molecular flexibility index (Phi) is 6.45. The summed E-state index contributed by atoms with van der Waals surface area (Å²) in [5.41, 5.74) is 0. The van der Waals surface area contributed by atoms with Crippen LogP contribution in [0.5, 0.6) is 5.75 Å². The molecule has 5 nitrogen and oxygen atoms in total. The zero-order chi connectivity index (χ0) is 15.2. The van der Waals surface area contributed by atoms with Crippen molar-refractivity contribution in [3.05, 3.63) is 24.3 Å². The van der Waals surface area contributed by atoms with E-state index < -0.39 is 10.0 Å². The van der Waals surface area contributed by atoms with Gasteiger partial charge in [-0.3, -0.25) is 0 Å². The Hall–Kier alpha value is -1.11. The van der Waals surface area contributed by atoms with Crippen LogP contribution in [0.1, 0.15) is 20.3 Å². The minimum Gasteiger partial charge on any atom is -0.492 e. The van der Waals surface area contributed by atoms with E-state index in [0.717, 1.165) is 13.0 Å². The lowest BCUT2D eigenvalue weighted by Crippen LogP contribution is -2.25. The van der Waals surface area contributed by atoms with Gasteiger partial charge in [0.05, 0.1) is 6.61 Å². The van der Waals surface area contributed by atoms with Crippen molar-refractivity contribution < 1.29 is 13.2 Å². The highest BCUT2D eigenvalue weighted by atomic mass is 32.2. The van der Waals surface area contributed by atoms with Crippen LogP contribution in [0.4, 0.5) is 0 Å². The monoisotopic (exact) mass is 300 g/mol. The van der Waals surface area contributed by atoms with Crippen molar-refractivity contribution in [1.29, 1.82) is 0 Å². The largest absolute Gasteiger partial charge is 0.492 e. The van der Waals surface area contributed by atoms with Crippen LogP contribution in [-0.4, -0.2) is 46.0 Å². The minimum absolute atomic E-state index is 0.210. The lowest BCUT2D eigenvalue weighted by Gasteiger charge is -2.15. The number of para-hydroxylation sites is 1. The van der Waals surface area contributed by atoms with Crippen LogP contribution >= 0.6 is 0 Å². The van der Waals surface area contributed by atoms with Gasteiger partial charge >= 0.3 is 0 Å². The number of hydrogen-bond donors (Lipinski definition) is 1. The maximum absolute atomic E-state index is 12.2. The molecule has 0 fully saturated rings. The normalized spacial score (nSPS) is 12.1. The third kappa shape index (κ3) is 4.77. The molecule has 0 aliphatic heterocycles. The highest BCUT2D eigenvalue weighted by Gasteiger charge is 2.21. The molecular weight excluding hydrogens is 276 g/mol. The molecule has 1 rings (SSSR count). The first-order valence-corrected chi connectivity index (χ1v) is 8.17. The van der Waals surface area contributed by atoms with E-state index in [4.69, 9.17) is 4.74 Å². The highest BCUT2D eigenvalue weighted by molar-refractivity contribution is 7.89. The molecule has 1 N–H and O–H groups in total. The topological polar surface area (TPSA) is 58.6 Å². The van der Waals surface area contributed by atoms with Crippen molar-refractivity contribution in [2.75, 3.05) is 27.2 Å². The van der Waals surface area contributed by atoms with Gasteiger partial charge in [-0.25, -0.2) is 12.7 Å². The van der Waals surface area contributed by atoms with Crippen LogP contribution in [0, 0.1) is 0 Å². The number of ether oxygens (including phenoxy) is 1. The van der Waals surface area contributed by atoms with Crippen LogP contribution in [0.15, 0.2) is 29.2 Å². The van der Waals surface area contributed by atoms with Gasteiger partial charge in [0.1, 0.15) is 10.6 Å². The van der Waals surface area contributed by atoms with Crippen LogP contribution in [0.2, 0.25) is 0 Å². The molecule has 6 heteroatoms. The zero-order valence-electron chi connectivity index (χ0n) is 12.6. The SMILES string of the molecule is CC(C)NCCCOc1ccccc1S(=O)(=O)N(C)C. The molecule has 20 heavy (non-hydrogen) atoms. The molecule has 0 radical (unpaired) electrons. The summed E-state index contributed by atoms with van der Waals surface area (Å²) in [5.74, 6) is 0.408. The molecular formula is C14H24N2O3S. The molecule has 0 aliphatic carbocycles. The molecule has 0 heterocycles. The Morgan fingerprint density at radius 3 is 2.50 bits per heavy atom. The fourth-order valence-corrected chi connectivity index (χ4v) is 2.65. The summed E-state index contributed by atoms with van der Waals surface area (Å²) < 4.78 is 31.1. The van der Waals surface area contributed by atoms with E-state index in [0.29, 0.717) is 18.4 Å². The number of nitrogens with one attached hydrogen (secondary N) is 1. The molecule has 0 unspecified atom stereocenters. The van der Waals surface area contributed by atoms with Crippen molar-refractivity contribution in [3.8, 4) is 5.75 Å². The van der Waals surface area contributed by atoms with Gasteiger partial charge in [-0.15, -0.1) is 0 Å². The first-order valence-electron chi connectivity index (χ1n) is 6.73. The maximum Gasteiger partial charge on any atom is 0.246 e. The second kappa shape index (κ2) is 7.61. The molecule has 0 aromatic heterocycles. The predicted octanol–water partition coefficient (Wildman–Crippen LogP) is 1.70. The first-order chi connectivity index (χ1) is 9.35. The Morgan fingerprint density at radius 2 is 1.90 bits per heavy atom. The van der Waals surface area contributed by atoms with Gasteiger partial charge in [0.2, 0.25) is 10.0 Å². The number of benzene rings is 1. The fraction of sp³-hybridized carbons (Fsp3) is 0.571. The lowest BCUT2D eigenvalue weighted by atomic mass is 10.3. The van der Waals surface area contributed by atoms with E-state index in [-0.39, 0.29) is 4.90 Å². The average molecular weight is 300 g/mol. The Labute approximate surface area is 122 Å². The number of hydrogen-bond acceptors (Lipinski definition) is 4. The third-order valence-electron chi connectivity index (χ3n) is 2.74. The van der Waals surface area contributed by atoms with E-state index in [1.54, 1.807) is 24.3 Å². The summed E-state index contributed by atoms with van der Waals surface area (Å²) in [6.07, 6.45) is 0.828. The number of rotatable bonds is 8. The van der Waals surface area contributed by atoms with Gasteiger partial charge in [0.25, 0.3) is 0 Å². The van der Waals surface area contributed by atoms with E-state index in [1.807, 2.05) is 0 Å². The summed E-state index contributed by atoms with van der Waals surface area (Å²) in [4.78, 5) is 0.210. The summed E-state index contributed by atoms with van der Waals surface area (Å²) >= 11 is 0. The Morgan fingerprint density at radius 1 is 1.25 bits per heavy atom. The van der Waals surface area contributed by atoms with Crippen molar-refractivity contribution in [2.24, 2.45) is 0 Å². The summed E-state index contributed by atoms with van der Waals surface area (Å²) in [6, 6.07) is 7.17. The van der Waals surface area contributed by atoms with Crippen LogP contribution in [0.3, 0.4) is 0 Å². The summed E-state index contributed by atoms with van der Waals surface area (Å²) in [6.45, 7) is 5.50. The zero-order valence-corrected chi connectivity index (χ0v) is 13.4. The molecule has 0 saturated carbocycles. The van der Waals surface area contributed by atoms with Crippen LogP contribution < -0.4 is 10.1 Å². The average Bonchev–Trinajstić information content (AvgIpc) is 2.38. The molecule has 1 aromatic carbocycles. The van der Waals surface area contributed by atoms with Crippen molar-refractivity contribution >= 4 is 10.0 Å². The highest BCUT2D eigenvalue weighted by Crippen LogP contribution is 2.25. The molecule has 0 saturated heterocycles. The molecule has 0 atom stereocenters. The van der Waals surface area contributed by atoms with E-state index in [2.05, 4.69) is 19.2 Å². The van der Waals surface area contributed by atoms with E-state index in [9.17, 15) is 8.42 Å². The van der Waals surface area contributed by atoms with Gasteiger partial charge in [0, 0.05) is 20.1 Å². The number of nitrogens with zero attached hydrogens (tertiary/aromatic N) is 1. The molecule has 0 amide bonds. The third-order valence-corrected chi connectivity index (χ3v) is 4.59. The molecule has 1 aromatic rings. The fourth-order valence-electron chi connectivity index (χ4n) is 1.62. The molecule has 0 bridgehead atoms. The summed E-state index contributed by atoms with van der Waals surface area (Å²) in [5, 5.41) is 3.29. The van der Waals surface area contributed by atoms with Gasteiger partial charge < -0.3 is 10.1 Å². The Bertz CT molecular complexity index is 513. The van der Waals surface area contributed by atoms with Gasteiger partial charge in [-0.05, 0) is 25.1 Å². The lowest BCUT2D eigenvalue weighted by molar-refractivity contribution is 0.298.